The van der Waals surface area contributed by atoms with Crippen LogP contribution in [0.5, 0.6) is 0 Å². The lowest BCUT2D eigenvalue weighted by atomic mass is 10.2. The van der Waals surface area contributed by atoms with Crippen molar-refractivity contribution in [3.8, 4) is 11.4 Å². The molecule has 0 aliphatic carbocycles. The van der Waals surface area contributed by atoms with E-state index in [1.165, 1.54) is 0 Å². The second-order valence-corrected chi connectivity index (χ2v) is 4.57. The second kappa shape index (κ2) is 6.91. The fourth-order valence-electron chi connectivity index (χ4n) is 1.52. The highest BCUT2D eigenvalue weighted by Crippen LogP contribution is 2.20. The number of hydrogen-bond donors (Lipinski definition) is 2. The summed E-state index contributed by atoms with van der Waals surface area (Å²) in [7, 11) is 0. The minimum Gasteiger partial charge on any atom is -0.355 e. The first-order chi connectivity index (χ1) is 9.69. The summed E-state index contributed by atoms with van der Waals surface area (Å²) in [6.07, 6.45) is 0.894. The lowest BCUT2D eigenvalue weighted by molar-refractivity contribution is -0.119. The van der Waals surface area contributed by atoms with Crippen LogP contribution in [-0.4, -0.2) is 29.1 Å². The van der Waals surface area contributed by atoms with E-state index in [4.69, 9.17) is 16.1 Å². The first kappa shape index (κ1) is 14.3. The van der Waals surface area contributed by atoms with Gasteiger partial charge in [-0.15, -0.1) is 0 Å². The molecule has 7 heteroatoms. The van der Waals surface area contributed by atoms with Gasteiger partial charge in [0.15, 0.2) is 0 Å². The number of carbonyl (C=O) groups is 1. The lowest BCUT2D eigenvalue weighted by Gasteiger charge is -2.02. The molecule has 0 saturated heterocycles. The Bertz CT molecular complexity index is 585. The summed E-state index contributed by atoms with van der Waals surface area (Å²) < 4.78 is 5.02. The van der Waals surface area contributed by atoms with E-state index >= 15 is 0 Å². The van der Waals surface area contributed by atoms with Gasteiger partial charge in [-0.2, -0.15) is 4.98 Å². The minimum atomic E-state index is -0.116. The Morgan fingerprint density at radius 1 is 1.45 bits per heavy atom. The number of nitrogens with one attached hydrogen (secondary N) is 2. The van der Waals surface area contributed by atoms with E-state index in [1.807, 2.05) is 13.0 Å². The van der Waals surface area contributed by atoms with Gasteiger partial charge in [-0.25, -0.2) is 0 Å². The predicted molar refractivity (Wildman–Crippen MR) is 76.5 cm³/mol. The van der Waals surface area contributed by atoms with E-state index < -0.39 is 0 Å². The normalized spacial score (nSPS) is 10.3. The third-order valence-corrected chi connectivity index (χ3v) is 2.72. The summed E-state index contributed by atoms with van der Waals surface area (Å²) >= 11 is 5.90. The predicted octanol–water partition coefficient (Wildman–Crippen LogP) is 2.33. The van der Waals surface area contributed by atoms with Crippen LogP contribution in [-0.2, 0) is 4.79 Å². The van der Waals surface area contributed by atoms with Crippen molar-refractivity contribution in [2.75, 3.05) is 18.4 Å². The van der Waals surface area contributed by atoms with Crippen molar-refractivity contribution in [3.63, 3.8) is 0 Å². The van der Waals surface area contributed by atoms with Crippen molar-refractivity contribution in [2.24, 2.45) is 0 Å². The van der Waals surface area contributed by atoms with Crippen LogP contribution in [0.2, 0.25) is 5.02 Å². The molecule has 0 atom stereocenters. The van der Waals surface area contributed by atoms with Crippen LogP contribution >= 0.6 is 11.6 Å². The van der Waals surface area contributed by atoms with Crippen molar-refractivity contribution in [3.05, 3.63) is 29.3 Å². The van der Waals surface area contributed by atoms with Crippen LogP contribution in [0.15, 0.2) is 28.8 Å². The van der Waals surface area contributed by atoms with E-state index in [1.54, 1.807) is 18.2 Å². The maximum Gasteiger partial charge on any atom is 0.322 e. The van der Waals surface area contributed by atoms with Crippen molar-refractivity contribution in [1.82, 2.24) is 15.5 Å². The molecule has 2 rings (SSSR count). The quantitative estimate of drug-likeness (QED) is 0.854. The zero-order valence-corrected chi connectivity index (χ0v) is 11.8. The Morgan fingerprint density at radius 3 is 3.05 bits per heavy atom. The van der Waals surface area contributed by atoms with Crippen molar-refractivity contribution >= 4 is 23.5 Å². The van der Waals surface area contributed by atoms with Gasteiger partial charge in [0.2, 0.25) is 11.7 Å². The molecule has 20 heavy (non-hydrogen) atoms. The van der Waals surface area contributed by atoms with Crippen LogP contribution in [0.25, 0.3) is 11.4 Å². The Kier molecular flexibility index (Phi) is 4.95. The smallest absolute Gasteiger partial charge is 0.322 e. The molecule has 0 aliphatic heterocycles. The minimum absolute atomic E-state index is 0.0944. The molecule has 0 unspecified atom stereocenters. The Morgan fingerprint density at radius 2 is 2.30 bits per heavy atom. The average molecular weight is 295 g/mol. The van der Waals surface area contributed by atoms with Gasteiger partial charge in [0.1, 0.15) is 0 Å². The molecular weight excluding hydrogens is 280 g/mol. The topological polar surface area (TPSA) is 80.0 Å². The molecule has 1 aromatic heterocycles. The molecule has 0 fully saturated rings. The molecule has 0 radical (unpaired) electrons. The number of anilines is 1. The molecule has 106 valence electrons. The average Bonchev–Trinajstić information content (AvgIpc) is 2.92. The van der Waals surface area contributed by atoms with Gasteiger partial charge in [0, 0.05) is 17.1 Å². The van der Waals surface area contributed by atoms with Gasteiger partial charge in [-0.3, -0.25) is 4.79 Å². The summed E-state index contributed by atoms with van der Waals surface area (Å²) in [5, 5.41) is 9.94. The van der Waals surface area contributed by atoms with Gasteiger partial charge >= 0.3 is 6.01 Å². The molecule has 2 aromatic rings. The SMILES string of the molecule is CCCNC(=O)CNc1nc(-c2cccc(Cl)c2)no1. The highest BCUT2D eigenvalue weighted by atomic mass is 35.5. The van der Waals surface area contributed by atoms with Crippen LogP contribution in [0.4, 0.5) is 6.01 Å². The van der Waals surface area contributed by atoms with E-state index in [0.717, 1.165) is 12.0 Å². The lowest BCUT2D eigenvalue weighted by Crippen LogP contribution is -2.30. The number of hydrogen-bond acceptors (Lipinski definition) is 5. The van der Waals surface area contributed by atoms with Crippen molar-refractivity contribution < 1.29 is 9.32 Å². The molecular formula is C13H15ClN4O2. The third-order valence-electron chi connectivity index (χ3n) is 2.48. The number of halogens is 1. The van der Waals surface area contributed by atoms with Gasteiger partial charge in [0.05, 0.1) is 6.54 Å². The first-order valence-electron chi connectivity index (χ1n) is 6.29. The highest BCUT2D eigenvalue weighted by molar-refractivity contribution is 6.30. The van der Waals surface area contributed by atoms with Crippen LogP contribution in [0, 0.1) is 0 Å². The largest absolute Gasteiger partial charge is 0.355 e. The maximum atomic E-state index is 11.4. The number of carbonyl (C=O) groups excluding carboxylic acids is 1. The monoisotopic (exact) mass is 294 g/mol. The summed E-state index contributed by atoms with van der Waals surface area (Å²) in [4.78, 5) is 15.6. The zero-order valence-electron chi connectivity index (χ0n) is 11.0. The van der Waals surface area contributed by atoms with Crippen LogP contribution in [0.1, 0.15) is 13.3 Å². The standard InChI is InChI=1S/C13H15ClN4O2/c1-2-6-15-11(19)8-16-13-17-12(18-20-13)9-4-3-5-10(14)7-9/h3-5,7H,2,6,8H2,1H3,(H,15,19)(H,16,17,18). The molecule has 0 aliphatic rings. The van der Waals surface area contributed by atoms with Crippen LogP contribution in [0.3, 0.4) is 0 Å². The fraction of sp³-hybridized carbons (Fsp3) is 0.308. The van der Waals surface area contributed by atoms with E-state index in [9.17, 15) is 4.79 Å². The van der Waals surface area contributed by atoms with E-state index in [2.05, 4.69) is 20.8 Å². The molecule has 1 aromatic carbocycles. The molecule has 0 spiro atoms. The summed E-state index contributed by atoms with van der Waals surface area (Å²) in [5.74, 6) is 0.304. The second-order valence-electron chi connectivity index (χ2n) is 4.14. The Hall–Kier alpha value is -2.08. The fourth-order valence-corrected chi connectivity index (χ4v) is 1.71. The maximum absolute atomic E-state index is 11.4. The number of aromatic nitrogens is 2. The molecule has 0 saturated carbocycles. The van der Waals surface area contributed by atoms with Gasteiger partial charge in [-0.05, 0) is 18.6 Å². The number of rotatable bonds is 6. The van der Waals surface area contributed by atoms with Crippen molar-refractivity contribution in [1.29, 1.82) is 0 Å². The van der Waals surface area contributed by atoms with E-state index in [0.29, 0.717) is 17.4 Å². The molecule has 2 N–H and O–H groups in total. The van der Waals surface area contributed by atoms with Gasteiger partial charge in [-0.1, -0.05) is 35.8 Å². The van der Waals surface area contributed by atoms with Gasteiger partial charge in [0.25, 0.3) is 0 Å². The molecule has 0 bridgehead atoms. The van der Waals surface area contributed by atoms with Crippen molar-refractivity contribution in [2.45, 2.75) is 13.3 Å². The number of nitrogens with zero attached hydrogens (tertiary/aromatic N) is 2. The zero-order chi connectivity index (χ0) is 14.4. The van der Waals surface area contributed by atoms with Gasteiger partial charge < -0.3 is 15.2 Å². The summed E-state index contributed by atoms with van der Waals surface area (Å²) in [6.45, 7) is 2.73. The number of benzene rings is 1. The summed E-state index contributed by atoms with van der Waals surface area (Å²) in [5.41, 5.74) is 0.754. The highest BCUT2D eigenvalue weighted by Gasteiger charge is 2.09. The molecule has 6 nitrogen and oxygen atoms in total. The molecule has 1 heterocycles. The molecule has 1 amide bonds. The number of amides is 1. The first-order valence-corrected chi connectivity index (χ1v) is 6.67. The third kappa shape index (κ3) is 3.96. The van der Waals surface area contributed by atoms with E-state index in [-0.39, 0.29) is 18.5 Å². The summed E-state index contributed by atoms with van der Waals surface area (Å²) in [6, 6.07) is 7.34. The Labute approximate surface area is 121 Å². The Balaban J connectivity index is 1.94. The van der Waals surface area contributed by atoms with Crippen LogP contribution < -0.4 is 10.6 Å².